The van der Waals surface area contributed by atoms with Crippen molar-refractivity contribution in [1.82, 2.24) is 0 Å². The van der Waals surface area contributed by atoms with Gasteiger partial charge in [-0.15, -0.1) is 12.4 Å². The smallest absolute Gasteiger partial charge is 0.120 e. The lowest BCUT2D eigenvalue weighted by Gasteiger charge is -2.29. The molecule has 0 heterocycles. The average molecular weight is 242 g/mol. The highest BCUT2D eigenvalue weighted by Gasteiger charge is 2.23. The molecule has 2 unspecified atom stereocenters. The Kier molecular flexibility index (Phi) is 5.10. The second-order valence-electron chi connectivity index (χ2n) is 4.42. The molecule has 90 valence electrons. The van der Waals surface area contributed by atoms with Crippen LogP contribution in [0.1, 0.15) is 31.2 Å². The number of hydrogen-bond donors (Lipinski definition) is 1. The maximum Gasteiger partial charge on any atom is 0.120 e. The zero-order valence-corrected chi connectivity index (χ0v) is 10.5. The number of rotatable bonds is 2. The number of aryl methyl sites for hydroxylation is 1. The molecule has 2 nitrogen and oxygen atoms in total. The van der Waals surface area contributed by atoms with Crippen molar-refractivity contribution < 1.29 is 4.74 Å². The summed E-state index contributed by atoms with van der Waals surface area (Å²) < 4.78 is 5.92. The number of ether oxygens (including phenoxy) is 1. The predicted octanol–water partition coefficient (Wildman–Crippen LogP) is 3.07. The Morgan fingerprint density at radius 3 is 2.69 bits per heavy atom. The molecule has 3 heteroatoms. The Morgan fingerprint density at radius 2 is 2.00 bits per heavy atom. The zero-order valence-electron chi connectivity index (χ0n) is 9.69. The monoisotopic (exact) mass is 241 g/mol. The van der Waals surface area contributed by atoms with E-state index < -0.39 is 0 Å². The Hall–Kier alpha value is -0.730. The molecule has 1 aliphatic carbocycles. The van der Waals surface area contributed by atoms with Crippen LogP contribution in [0.5, 0.6) is 5.75 Å². The van der Waals surface area contributed by atoms with Gasteiger partial charge in [0.15, 0.2) is 0 Å². The van der Waals surface area contributed by atoms with Crippen LogP contribution >= 0.6 is 12.4 Å². The molecule has 0 amide bonds. The zero-order chi connectivity index (χ0) is 10.7. The van der Waals surface area contributed by atoms with E-state index in [0.717, 1.165) is 18.6 Å². The fourth-order valence-corrected chi connectivity index (χ4v) is 2.14. The molecule has 0 bridgehead atoms. The van der Waals surface area contributed by atoms with Gasteiger partial charge < -0.3 is 10.5 Å². The third-order valence-corrected chi connectivity index (χ3v) is 3.03. The van der Waals surface area contributed by atoms with Crippen LogP contribution in [-0.4, -0.2) is 12.1 Å². The van der Waals surface area contributed by atoms with Crippen molar-refractivity contribution in [3.8, 4) is 5.75 Å². The fourth-order valence-electron chi connectivity index (χ4n) is 2.14. The minimum atomic E-state index is 0. The summed E-state index contributed by atoms with van der Waals surface area (Å²) in [7, 11) is 0. The van der Waals surface area contributed by atoms with Crippen LogP contribution in [0.4, 0.5) is 0 Å². The van der Waals surface area contributed by atoms with Gasteiger partial charge in [0.05, 0.1) is 0 Å². The van der Waals surface area contributed by atoms with Crippen molar-refractivity contribution in [1.29, 1.82) is 0 Å². The van der Waals surface area contributed by atoms with Gasteiger partial charge in [-0.1, -0.05) is 18.6 Å². The molecule has 2 rings (SSSR count). The molecule has 0 radical (unpaired) electrons. The molecule has 1 aromatic rings. The van der Waals surface area contributed by atoms with Crippen molar-refractivity contribution in [2.24, 2.45) is 5.73 Å². The molecule has 16 heavy (non-hydrogen) atoms. The molecule has 1 aromatic carbocycles. The molecule has 0 aromatic heterocycles. The minimum absolute atomic E-state index is 0. The molecule has 1 aliphatic rings. The molecule has 1 saturated carbocycles. The first-order valence-electron chi connectivity index (χ1n) is 5.74. The van der Waals surface area contributed by atoms with Gasteiger partial charge in [-0.25, -0.2) is 0 Å². The van der Waals surface area contributed by atoms with Crippen molar-refractivity contribution in [3.63, 3.8) is 0 Å². The normalized spacial score (nSPS) is 24.6. The maximum atomic E-state index is 6.04. The molecule has 0 aliphatic heterocycles. The van der Waals surface area contributed by atoms with E-state index in [1.807, 2.05) is 12.1 Å². The summed E-state index contributed by atoms with van der Waals surface area (Å²) >= 11 is 0. The lowest BCUT2D eigenvalue weighted by Crippen LogP contribution is -2.41. The first-order valence-corrected chi connectivity index (χ1v) is 5.74. The van der Waals surface area contributed by atoms with E-state index in [-0.39, 0.29) is 24.6 Å². The van der Waals surface area contributed by atoms with Gasteiger partial charge in [0.25, 0.3) is 0 Å². The summed E-state index contributed by atoms with van der Waals surface area (Å²) in [6.07, 6.45) is 4.88. The van der Waals surface area contributed by atoms with Crippen LogP contribution in [0.2, 0.25) is 0 Å². The van der Waals surface area contributed by atoms with E-state index in [1.165, 1.54) is 18.4 Å². The average Bonchev–Trinajstić information content (AvgIpc) is 2.22. The van der Waals surface area contributed by atoms with Gasteiger partial charge in [0.2, 0.25) is 0 Å². The molecular formula is C13H20ClNO. The second-order valence-corrected chi connectivity index (χ2v) is 4.42. The molecular weight excluding hydrogens is 222 g/mol. The Balaban J connectivity index is 0.00000128. The van der Waals surface area contributed by atoms with Crippen LogP contribution in [-0.2, 0) is 0 Å². The third-order valence-electron chi connectivity index (χ3n) is 3.03. The van der Waals surface area contributed by atoms with E-state index in [4.69, 9.17) is 10.5 Å². The van der Waals surface area contributed by atoms with Gasteiger partial charge in [-0.3, -0.25) is 0 Å². The number of halogens is 1. The number of hydrogen-bond acceptors (Lipinski definition) is 2. The summed E-state index contributed by atoms with van der Waals surface area (Å²) in [5, 5.41) is 0. The van der Waals surface area contributed by atoms with Crippen LogP contribution < -0.4 is 10.5 Å². The molecule has 0 saturated heterocycles. The third kappa shape index (κ3) is 3.39. The topological polar surface area (TPSA) is 35.2 Å². The van der Waals surface area contributed by atoms with Crippen LogP contribution in [0.3, 0.4) is 0 Å². The summed E-state index contributed by atoms with van der Waals surface area (Å²) in [6.45, 7) is 2.08. The first kappa shape index (κ1) is 13.3. The molecule has 2 N–H and O–H groups in total. The van der Waals surface area contributed by atoms with Crippen molar-refractivity contribution in [2.45, 2.75) is 44.8 Å². The standard InChI is InChI=1S/C13H19NO.ClH/c1-10-5-4-6-11(9-10)15-13-8-3-2-7-12(13)14;/h4-6,9,12-13H,2-3,7-8,14H2,1H3;1H. The molecule has 0 spiro atoms. The largest absolute Gasteiger partial charge is 0.489 e. The van der Waals surface area contributed by atoms with Gasteiger partial charge in [-0.2, -0.15) is 0 Å². The molecule has 2 atom stereocenters. The Morgan fingerprint density at radius 1 is 1.25 bits per heavy atom. The lowest BCUT2D eigenvalue weighted by atomic mass is 9.93. The van der Waals surface area contributed by atoms with Crippen LogP contribution in [0.25, 0.3) is 0 Å². The fraction of sp³-hybridized carbons (Fsp3) is 0.538. The highest BCUT2D eigenvalue weighted by atomic mass is 35.5. The summed E-state index contributed by atoms with van der Waals surface area (Å²) in [4.78, 5) is 0. The van der Waals surface area contributed by atoms with Crippen molar-refractivity contribution in [2.75, 3.05) is 0 Å². The van der Waals surface area contributed by atoms with E-state index in [2.05, 4.69) is 19.1 Å². The van der Waals surface area contributed by atoms with Crippen LogP contribution in [0, 0.1) is 6.92 Å². The van der Waals surface area contributed by atoms with Gasteiger partial charge in [-0.05, 0) is 43.9 Å². The predicted molar refractivity (Wildman–Crippen MR) is 69.3 cm³/mol. The molecule has 1 fully saturated rings. The summed E-state index contributed by atoms with van der Waals surface area (Å²) in [6, 6.07) is 8.39. The lowest BCUT2D eigenvalue weighted by molar-refractivity contribution is 0.132. The van der Waals surface area contributed by atoms with E-state index in [9.17, 15) is 0 Å². The van der Waals surface area contributed by atoms with Crippen LogP contribution in [0.15, 0.2) is 24.3 Å². The van der Waals surface area contributed by atoms with E-state index in [0.29, 0.717) is 0 Å². The number of benzene rings is 1. The highest BCUT2D eigenvalue weighted by molar-refractivity contribution is 5.85. The van der Waals surface area contributed by atoms with Gasteiger partial charge >= 0.3 is 0 Å². The van der Waals surface area contributed by atoms with Gasteiger partial charge in [0.1, 0.15) is 11.9 Å². The highest BCUT2D eigenvalue weighted by Crippen LogP contribution is 2.23. The Bertz CT molecular complexity index is 329. The van der Waals surface area contributed by atoms with E-state index >= 15 is 0 Å². The van der Waals surface area contributed by atoms with Gasteiger partial charge in [0, 0.05) is 6.04 Å². The summed E-state index contributed by atoms with van der Waals surface area (Å²) in [5.41, 5.74) is 7.27. The maximum absolute atomic E-state index is 6.04. The first-order chi connectivity index (χ1) is 7.25. The number of nitrogens with two attached hydrogens (primary N) is 1. The van der Waals surface area contributed by atoms with E-state index in [1.54, 1.807) is 0 Å². The Labute approximate surface area is 104 Å². The second kappa shape index (κ2) is 6.12. The SMILES string of the molecule is Cc1cccc(OC2CCCCC2N)c1.Cl. The summed E-state index contributed by atoms with van der Waals surface area (Å²) in [5.74, 6) is 0.956. The van der Waals surface area contributed by atoms with Crippen molar-refractivity contribution in [3.05, 3.63) is 29.8 Å². The minimum Gasteiger partial charge on any atom is -0.489 e. The van der Waals surface area contributed by atoms with Crippen molar-refractivity contribution >= 4 is 12.4 Å². The quantitative estimate of drug-likeness (QED) is 0.864.